The first kappa shape index (κ1) is 8.87. The fraction of sp³-hybridized carbons (Fsp3) is 0.300. The first-order valence-corrected chi connectivity index (χ1v) is 4.26. The van der Waals surface area contributed by atoms with Crippen LogP contribution in [0.15, 0.2) is 18.2 Å². The molecule has 0 fully saturated rings. The SMILES string of the molecule is COc1cccc2c1OC[C@H]2C(=O)O. The summed E-state index contributed by atoms with van der Waals surface area (Å²) < 4.78 is 10.4. The molecule has 0 aromatic heterocycles. The van der Waals surface area contributed by atoms with Crippen molar-refractivity contribution in [3.63, 3.8) is 0 Å². The Balaban J connectivity index is 2.46. The van der Waals surface area contributed by atoms with Crippen LogP contribution >= 0.6 is 0 Å². The molecule has 0 saturated carbocycles. The number of carbonyl (C=O) groups is 1. The van der Waals surface area contributed by atoms with Crippen LogP contribution in [0.4, 0.5) is 0 Å². The van der Waals surface area contributed by atoms with E-state index in [1.807, 2.05) is 0 Å². The maximum atomic E-state index is 10.8. The summed E-state index contributed by atoms with van der Waals surface area (Å²) in [7, 11) is 1.53. The predicted octanol–water partition coefficient (Wildman–Crippen LogP) is 1.26. The van der Waals surface area contributed by atoms with Gasteiger partial charge in [0.1, 0.15) is 12.5 Å². The molecule has 1 aliphatic rings. The first-order chi connectivity index (χ1) is 6.74. The quantitative estimate of drug-likeness (QED) is 0.769. The average Bonchev–Trinajstić information content (AvgIpc) is 2.60. The minimum atomic E-state index is -0.864. The molecule has 4 heteroatoms. The lowest BCUT2D eigenvalue weighted by molar-refractivity contribution is -0.138. The number of para-hydroxylation sites is 1. The van der Waals surface area contributed by atoms with Crippen LogP contribution in [0.3, 0.4) is 0 Å². The zero-order valence-electron chi connectivity index (χ0n) is 7.69. The molecular weight excluding hydrogens is 184 g/mol. The van der Waals surface area contributed by atoms with Crippen molar-refractivity contribution in [3.05, 3.63) is 23.8 Å². The van der Waals surface area contributed by atoms with E-state index in [4.69, 9.17) is 14.6 Å². The second kappa shape index (κ2) is 3.21. The van der Waals surface area contributed by atoms with Gasteiger partial charge in [-0.1, -0.05) is 12.1 Å². The topological polar surface area (TPSA) is 55.8 Å². The number of benzene rings is 1. The highest BCUT2D eigenvalue weighted by Gasteiger charge is 2.32. The second-order valence-electron chi connectivity index (χ2n) is 3.08. The number of carboxylic acid groups (broad SMARTS) is 1. The zero-order valence-corrected chi connectivity index (χ0v) is 7.69. The molecule has 0 saturated heterocycles. The molecule has 1 aromatic rings. The Morgan fingerprint density at radius 3 is 3.07 bits per heavy atom. The maximum Gasteiger partial charge on any atom is 0.314 e. The third kappa shape index (κ3) is 1.19. The van der Waals surface area contributed by atoms with Crippen molar-refractivity contribution in [2.24, 2.45) is 0 Å². The Morgan fingerprint density at radius 1 is 1.64 bits per heavy atom. The molecule has 1 N–H and O–H groups in total. The molecule has 0 amide bonds. The van der Waals surface area contributed by atoms with Gasteiger partial charge in [0.25, 0.3) is 0 Å². The number of aliphatic carboxylic acids is 1. The summed E-state index contributed by atoms with van der Waals surface area (Å²) >= 11 is 0. The number of fused-ring (bicyclic) bond motifs is 1. The van der Waals surface area contributed by atoms with E-state index in [-0.39, 0.29) is 6.61 Å². The van der Waals surface area contributed by atoms with E-state index >= 15 is 0 Å². The van der Waals surface area contributed by atoms with Gasteiger partial charge in [0.05, 0.1) is 7.11 Å². The Bertz CT molecular complexity index is 372. The lowest BCUT2D eigenvalue weighted by Gasteiger charge is -2.05. The highest BCUT2D eigenvalue weighted by molar-refractivity contribution is 5.79. The van der Waals surface area contributed by atoms with Crippen LogP contribution in [-0.4, -0.2) is 24.8 Å². The van der Waals surface area contributed by atoms with E-state index in [0.717, 1.165) is 0 Å². The molecule has 1 atom stereocenters. The van der Waals surface area contributed by atoms with Crippen LogP contribution < -0.4 is 9.47 Å². The van der Waals surface area contributed by atoms with Gasteiger partial charge in [-0.3, -0.25) is 4.79 Å². The molecule has 1 aromatic carbocycles. The average molecular weight is 194 g/mol. The third-order valence-corrected chi connectivity index (χ3v) is 2.30. The van der Waals surface area contributed by atoms with Crippen molar-refractivity contribution in [1.82, 2.24) is 0 Å². The number of methoxy groups -OCH3 is 1. The van der Waals surface area contributed by atoms with Gasteiger partial charge < -0.3 is 14.6 Å². The summed E-state index contributed by atoms with van der Waals surface area (Å²) in [5.41, 5.74) is 0.692. The van der Waals surface area contributed by atoms with Crippen LogP contribution in [0.2, 0.25) is 0 Å². The van der Waals surface area contributed by atoms with E-state index < -0.39 is 11.9 Å². The van der Waals surface area contributed by atoms with Crippen molar-refractivity contribution in [1.29, 1.82) is 0 Å². The summed E-state index contributed by atoms with van der Waals surface area (Å²) in [6.07, 6.45) is 0. The van der Waals surface area contributed by atoms with Crippen LogP contribution in [0, 0.1) is 0 Å². The van der Waals surface area contributed by atoms with Crippen molar-refractivity contribution in [2.75, 3.05) is 13.7 Å². The molecule has 0 spiro atoms. The number of ether oxygens (including phenoxy) is 2. The normalized spacial score (nSPS) is 18.5. The monoisotopic (exact) mass is 194 g/mol. The van der Waals surface area contributed by atoms with Gasteiger partial charge in [-0.25, -0.2) is 0 Å². The highest BCUT2D eigenvalue weighted by atomic mass is 16.5. The molecule has 4 nitrogen and oxygen atoms in total. The van der Waals surface area contributed by atoms with Crippen molar-refractivity contribution in [2.45, 2.75) is 5.92 Å². The Hall–Kier alpha value is -1.71. The summed E-state index contributed by atoms with van der Waals surface area (Å²) in [6, 6.07) is 5.27. The van der Waals surface area contributed by atoms with E-state index in [2.05, 4.69) is 0 Å². The van der Waals surface area contributed by atoms with Crippen LogP contribution in [-0.2, 0) is 4.79 Å². The largest absolute Gasteiger partial charge is 0.493 e. The summed E-state index contributed by atoms with van der Waals surface area (Å²) in [5, 5.41) is 8.90. The van der Waals surface area contributed by atoms with Crippen molar-refractivity contribution < 1.29 is 19.4 Å². The van der Waals surface area contributed by atoms with Gasteiger partial charge in [-0.15, -0.1) is 0 Å². The number of hydrogen-bond acceptors (Lipinski definition) is 3. The molecular formula is C10H10O4. The second-order valence-corrected chi connectivity index (χ2v) is 3.08. The number of hydrogen-bond donors (Lipinski definition) is 1. The molecule has 2 rings (SSSR count). The van der Waals surface area contributed by atoms with Gasteiger partial charge in [0, 0.05) is 5.56 Å². The Labute approximate surface area is 81.1 Å². The van der Waals surface area contributed by atoms with E-state index in [1.54, 1.807) is 18.2 Å². The van der Waals surface area contributed by atoms with Gasteiger partial charge in [-0.2, -0.15) is 0 Å². The van der Waals surface area contributed by atoms with Crippen LogP contribution in [0.1, 0.15) is 11.5 Å². The summed E-state index contributed by atoms with van der Waals surface area (Å²) in [4.78, 5) is 10.8. The minimum absolute atomic E-state index is 0.186. The van der Waals surface area contributed by atoms with E-state index in [0.29, 0.717) is 17.1 Å². The maximum absolute atomic E-state index is 10.8. The molecule has 1 aliphatic heterocycles. The van der Waals surface area contributed by atoms with E-state index in [1.165, 1.54) is 7.11 Å². The molecule has 74 valence electrons. The fourth-order valence-electron chi connectivity index (χ4n) is 1.58. The Morgan fingerprint density at radius 2 is 2.43 bits per heavy atom. The smallest absolute Gasteiger partial charge is 0.314 e. The third-order valence-electron chi connectivity index (χ3n) is 2.30. The van der Waals surface area contributed by atoms with Crippen LogP contribution in [0.25, 0.3) is 0 Å². The fourth-order valence-corrected chi connectivity index (χ4v) is 1.58. The van der Waals surface area contributed by atoms with Crippen molar-refractivity contribution in [3.8, 4) is 11.5 Å². The lowest BCUT2D eigenvalue weighted by atomic mass is 10.0. The summed E-state index contributed by atoms with van der Waals surface area (Å²) in [5.74, 6) is -0.286. The first-order valence-electron chi connectivity index (χ1n) is 4.26. The molecule has 0 bridgehead atoms. The van der Waals surface area contributed by atoms with Crippen molar-refractivity contribution >= 4 is 5.97 Å². The standard InChI is InChI=1S/C10H10O4/c1-13-8-4-2-3-6-7(10(11)12)5-14-9(6)8/h2-4,7H,5H2,1H3,(H,11,12)/t7-/m1/s1. The lowest BCUT2D eigenvalue weighted by Crippen LogP contribution is -2.12. The highest BCUT2D eigenvalue weighted by Crippen LogP contribution is 2.40. The van der Waals surface area contributed by atoms with Gasteiger partial charge in [0.2, 0.25) is 0 Å². The van der Waals surface area contributed by atoms with Gasteiger partial charge >= 0.3 is 5.97 Å². The molecule has 0 radical (unpaired) electrons. The molecule has 0 unspecified atom stereocenters. The number of carboxylic acids is 1. The predicted molar refractivity (Wildman–Crippen MR) is 48.9 cm³/mol. The van der Waals surface area contributed by atoms with Gasteiger partial charge in [-0.05, 0) is 6.07 Å². The zero-order chi connectivity index (χ0) is 10.1. The van der Waals surface area contributed by atoms with Gasteiger partial charge in [0.15, 0.2) is 11.5 Å². The van der Waals surface area contributed by atoms with Crippen LogP contribution in [0.5, 0.6) is 11.5 Å². The Kier molecular flexibility index (Phi) is 2.04. The minimum Gasteiger partial charge on any atom is -0.493 e. The summed E-state index contributed by atoms with van der Waals surface area (Å²) in [6.45, 7) is 0.186. The molecule has 0 aliphatic carbocycles. The molecule has 1 heterocycles. The number of rotatable bonds is 2. The van der Waals surface area contributed by atoms with E-state index in [9.17, 15) is 4.79 Å². The molecule has 14 heavy (non-hydrogen) atoms.